The van der Waals surface area contributed by atoms with E-state index in [9.17, 15) is 0 Å². The Morgan fingerprint density at radius 3 is 2.53 bits per heavy atom. The molecule has 82 valence electrons. The first kappa shape index (κ1) is 12.0. The Bertz CT molecular complexity index is 352. The van der Waals surface area contributed by atoms with E-state index in [1.54, 1.807) is 0 Å². The summed E-state index contributed by atoms with van der Waals surface area (Å²) in [5, 5.41) is 3.45. The Morgan fingerprint density at radius 2 is 2.00 bits per heavy atom. The Morgan fingerprint density at radius 1 is 1.33 bits per heavy atom. The van der Waals surface area contributed by atoms with Crippen LogP contribution in [0.5, 0.6) is 0 Å². The van der Waals surface area contributed by atoms with E-state index in [1.165, 1.54) is 22.3 Å². The summed E-state index contributed by atoms with van der Waals surface area (Å²) >= 11 is 0. The minimum Gasteiger partial charge on any atom is -0.306 e. The van der Waals surface area contributed by atoms with Gasteiger partial charge in [0.05, 0.1) is 0 Å². The summed E-state index contributed by atoms with van der Waals surface area (Å²) in [6, 6.07) is 7.02. The smallest absolute Gasteiger partial charge is 0.0294 e. The molecule has 0 fully saturated rings. The average molecular weight is 203 g/mol. The number of nitrogens with one attached hydrogen (secondary N) is 1. The van der Waals surface area contributed by atoms with Crippen molar-refractivity contribution in [3.8, 4) is 0 Å². The van der Waals surface area contributed by atoms with Crippen molar-refractivity contribution in [3.63, 3.8) is 0 Å². The first-order valence-corrected chi connectivity index (χ1v) is 5.45. The fourth-order valence-corrected chi connectivity index (χ4v) is 1.48. The summed E-state index contributed by atoms with van der Waals surface area (Å²) in [6.07, 6.45) is 0. The molecule has 0 aliphatic carbocycles. The van der Waals surface area contributed by atoms with E-state index in [0.29, 0.717) is 6.04 Å². The number of benzene rings is 1. The minimum absolute atomic E-state index is 0.390. The Labute approximate surface area is 93.2 Å². The summed E-state index contributed by atoms with van der Waals surface area (Å²) in [5.41, 5.74) is 5.23. The zero-order chi connectivity index (χ0) is 11.4. The van der Waals surface area contributed by atoms with Gasteiger partial charge < -0.3 is 5.32 Å². The van der Waals surface area contributed by atoms with Gasteiger partial charge in [-0.1, -0.05) is 30.4 Å². The van der Waals surface area contributed by atoms with Crippen molar-refractivity contribution in [3.05, 3.63) is 47.0 Å². The lowest BCUT2D eigenvalue weighted by Gasteiger charge is -2.15. The number of aryl methyl sites for hydroxylation is 2. The van der Waals surface area contributed by atoms with E-state index in [2.05, 4.69) is 50.9 Å². The highest BCUT2D eigenvalue weighted by atomic mass is 14.9. The maximum Gasteiger partial charge on any atom is 0.0294 e. The van der Waals surface area contributed by atoms with Gasteiger partial charge >= 0.3 is 0 Å². The van der Waals surface area contributed by atoms with E-state index < -0.39 is 0 Å². The lowest BCUT2D eigenvalue weighted by molar-refractivity contribution is 0.607. The number of hydrogen-bond acceptors (Lipinski definition) is 1. The molecule has 0 saturated heterocycles. The van der Waals surface area contributed by atoms with Crippen LogP contribution in [-0.4, -0.2) is 6.54 Å². The van der Waals surface area contributed by atoms with Crippen LogP contribution < -0.4 is 5.32 Å². The average Bonchev–Trinajstić information content (AvgIpc) is 2.18. The third kappa shape index (κ3) is 3.52. The van der Waals surface area contributed by atoms with E-state index >= 15 is 0 Å². The minimum atomic E-state index is 0.390. The topological polar surface area (TPSA) is 12.0 Å². The van der Waals surface area contributed by atoms with Crippen LogP contribution in [0.4, 0.5) is 0 Å². The molecule has 0 unspecified atom stereocenters. The quantitative estimate of drug-likeness (QED) is 0.738. The number of rotatable bonds is 4. The van der Waals surface area contributed by atoms with Gasteiger partial charge in [0.2, 0.25) is 0 Å². The molecule has 0 aliphatic heterocycles. The summed E-state index contributed by atoms with van der Waals surface area (Å²) in [5.74, 6) is 0. The van der Waals surface area contributed by atoms with Gasteiger partial charge in [-0.2, -0.15) is 0 Å². The van der Waals surface area contributed by atoms with Crippen LogP contribution in [0.1, 0.15) is 36.6 Å². The van der Waals surface area contributed by atoms with Gasteiger partial charge in [-0.3, -0.25) is 0 Å². The van der Waals surface area contributed by atoms with Crippen molar-refractivity contribution in [2.24, 2.45) is 0 Å². The van der Waals surface area contributed by atoms with Crippen LogP contribution in [0.25, 0.3) is 0 Å². The molecule has 0 saturated carbocycles. The molecule has 15 heavy (non-hydrogen) atoms. The predicted octanol–water partition coefficient (Wildman–Crippen LogP) is 3.53. The maximum atomic E-state index is 3.89. The second-order valence-electron chi connectivity index (χ2n) is 4.40. The van der Waals surface area contributed by atoms with Crippen molar-refractivity contribution >= 4 is 0 Å². The molecule has 0 aromatic heterocycles. The van der Waals surface area contributed by atoms with E-state index in [1.807, 2.05) is 6.92 Å². The van der Waals surface area contributed by atoms with Crippen LogP contribution in [0, 0.1) is 13.8 Å². The standard InChI is InChI=1S/C14H21N/c1-10(2)9-15-13(5)14-7-6-11(3)12(4)8-14/h6-8,13,15H,1,9H2,2-5H3/t13-/m1/s1. The van der Waals surface area contributed by atoms with Crippen LogP contribution >= 0.6 is 0 Å². The van der Waals surface area contributed by atoms with Crippen LogP contribution in [0.3, 0.4) is 0 Å². The highest BCUT2D eigenvalue weighted by Crippen LogP contribution is 2.16. The molecule has 0 amide bonds. The van der Waals surface area contributed by atoms with Gasteiger partial charge in [0.25, 0.3) is 0 Å². The first-order chi connectivity index (χ1) is 7.00. The molecule has 0 aliphatic rings. The Kier molecular flexibility index (Phi) is 4.10. The molecule has 1 rings (SSSR count). The van der Waals surface area contributed by atoms with Gasteiger partial charge in [-0.25, -0.2) is 0 Å². The molecule has 0 heterocycles. The van der Waals surface area contributed by atoms with Crippen molar-refractivity contribution in [1.29, 1.82) is 0 Å². The molecule has 1 atom stereocenters. The first-order valence-electron chi connectivity index (χ1n) is 5.45. The zero-order valence-corrected chi connectivity index (χ0v) is 10.2. The lowest BCUT2D eigenvalue weighted by atomic mass is 10.0. The van der Waals surface area contributed by atoms with Gasteiger partial charge in [-0.15, -0.1) is 0 Å². The van der Waals surface area contributed by atoms with Crippen molar-refractivity contribution in [1.82, 2.24) is 5.32 Å². The van der Waals surface area contributed by atoms with E-state index in [-0.39, 0.29) is 0 Å². The summed E-state index contributed by atoms with van der Waals surface area (Å²) in [4.78, 5) is 0. The fraction of sp³-hybridized carbons (Fsp3) is 0.429. The Balaban J connectivity index is 2.69. The maximum absolute atomic E-state index is 3.89. The van der Waals surface area contributed by atoms with Crippen molar-refractivity contribution in [2.45, 2.75) is 33.7 Å². The van der Waals surface area contributed by atoms with Gasteiger partial charge in [0, 0.05) is 12.6 Å². The molecule has 0 radical (unpaired) electrons. The van der Waals surface area contributed by atoms with Gasteiger partial charge in [-0.05, 0) is 44.4 Å². The number of hydrogen-bond donors (Lipinski definition) is 1. The van der Waals surface area contributed by atoms with Gasteiger partial charge in [0.15, 0.2) is 0 Å². The monoisotopic (exact) mass is 203 g/mol. The highest BCUT2D eigenvalue weighted by Gasteiger charge is 2.05. The third-order valence-electron chi connectivity index (χ3n) is 2.74. The van der Waals surface area contributed by atoms with Crippen LogP contribution in [-0.2, 0) is 0 Å². The second kappa shape index (κ2) is 5.13. The molecule has 1 heteroatoms. The lowest BCUT2D eigenvalue weighted by Crippen LogP contribution is -2.20. The highest BCUT2D eigenvalue weighted by molar-refractivity contribution is 5.31. The van der Waals surface area contributed by atoms with E-state index in [4.69, 9.17) is 0 Å². The predicted molar refractivity (Wildman–Crippen MR) is 67.1 cm³/mol. The summed E-state index contributed by atoms with van der Waals surface area (Å²) in [6.45, 7) is 13.3. The van der Waals surface area contributed by atoms with Crippen molar-refractivity contribution in [2.75, 3.05) is 6.54 Å². The zero-order valence-electron chi connectivity index (χ0n) is 10.2. The largest absolute Gasteiger partial charge is 0.306 e. The van der Waals surface area contributed by atoms with Crippen molar-refractivity contribution < 1.29 is 0 Å². The molecular weight excluding hydrogens is 182 g/mol. The van der Waals surface area contributed by atoms with E-state index in [0.717, 1.165) is 6.54 Å². The van der Waals surface area contributed by atoms with Gasteiger partial charge in [0.1, 0.15) is 0 Å². The normalized spacial score (nSPS) is 12.5. The second-order valence-corrected chi connectivity index (χ2v) is 4.40. The third-order valence-corrected chi connectivity index (χ3v) is 2.74. The Hall–Kier alpha value is -1.08. The summed E-state index contributed by atoms with van der Waals surface area (Å²) in [7, 11) is 0. The van der Waals surface area contributed by atoms with Crippen LogP contribution in [0.15, 0.2) is 30.4 Å². The molecule has 0 spiro atoms. The summed E-state index contributed by atoms with van der Waals surface area (Å²) < 4.78 is 0. The fourth-order valence-electron chi connectivity index (χ4n) is 1.48. The SMILES string of the molecule is C=C(C)CN[C@H](C)c1ccc(C)c(C)c1. The molecule has 0 bridgehead atoms. The molecule has 1 aromatic carbocycles. The van der Waals surface area contributed by atoms with Crippen LogP contribution in [0.2, 0.25) is 0 Å². The molecule has 1 aromatic rings. The molecule has 1 N–H and O–H groups in total. The molecule has 1 nitrogen and oxygen atoms in total. The molecular formula is C14H21N.